The van der Waals surface area contributed by atoms with Crippen molar-refractivity contribution in [2.75, 3.05) is 28.4 Å². The van der Waals surface area contributed by atoms with Crippen molar-refractivity contribution in [1.29, 1.82) is 0 Å². The average molecular weight is 523 g/mol. The minimum atomic E-state index is -1.03. The Balaban J connectivity index is 2.02. The maximum atomic E-state index is 14.8. The number of amides is 2. The molecule has 1 N–H and O–H groups in total. The summed E-state index contributed by atoms with van der Waals surface area (Å²) in [4.78, 5) is 15.5. The third-order valence-corrected chi connectivity index (χ3v) is 6.40. The number of hydrogen-bond donors (Lipinski definition) is 1. The van der Waals surface area contributed by atoms with Gasteiger partial charge >= 0.3 is 6.03 Å². The molecule has 7 nitrogen and oxygen atoms in total. The molecule has 1 atom stereocenters. The SMILES string of the molecule is C=CCC(C)(NC(=O)N(Cc1ccc(OC)cc1OC)Cc1ccc(OC)cc1OC)c1ccccc1F. The van der Waals surface area contributed by atoms with Gasteiger partial charge in [0.05, 0.1) is 47.1 Å². The van der Waals surface area contributed by atoms with Crippen LogP contribution in [0.4, 0.5) is 9.18 Å². The summed E-state index contributed by atoms with van der Waals surface area (Å²) in [6.45, 7) is 6.01. The number of rotatable bonds is 12. The second kappa shape index (κ2) is 12.9. The number of ether oxygens (including phenoxy) is 4. The summed E-state index contributed by atoms with van der Waals surface area (Å²) >= 11 is 0. The Labute approximate surface area is 223 Å². The third-order valence-electron chi connectivity index (χ3n) is 6.40. The van der Waals surface area contributed by atoms with E-state index in [0.717, 1.165) is 11.1 Å². The first-order valence-corrected chi connectivity index (χ1v) is 12.1. The van der Waals surface area contributed by atoms with Crippen molar-refractivity contribution in [2.24, 2.45) is 0 Å². The van der Waals surface area contributed by atoms with Gasteiger partial charge in [-0.2, -0.15) is 0 Å². The van der Waals surface area contributed by atoms with Gasteiger partial charge in [0.2, 0.25) is 0 Å². The van der Waals surface area contributed by atoms with Crippen molar-refractivity contribution in [3.05, 3.63) is 95.8 Å². The van der Waals surface area contributed by atoms with Crippen molar-refractivity contribution in [1.82, 2.24) is 10.2 Å². The predicted molar refractivity (Wildman–Crippen MR) is 145 cm³/mol. The summed E-state index contributed by atoms with van der Waals surface area (Å²) in [7, 11) is 6.28. The van der Waals surface area contributed by atoms with Gasteiger partial charge in [0, 0.05) is 28.8 Å². The number of carbonyl (C=O) groups excluding carboxylic acids is 1. The molecule has 0 aliphatic rings. The Morgan fingerprint density at radius 3 is 1.87 bits per heavy atom. The van der Waals surface area contributed by atoms with E-state index in [1.807, 2.05) is 24.3 Å². The van der Waals surface area contributed by atoms with Crippen molar-refractivity contribution in [3.8, 4) is 23.0 Å². The fourth-order valence-corrected chi connectivity index (χ4v) is 4.32. The van der Waals surface area contributed by atoms with Gasteiger partial charge in [-0.25, -0.2) is 9.18 Å². The number of carbonyl (C=O) groups is 1. The second-order valence-electron chi connectivity index (χ2n) is 8.95. The lowest BCUT2D eigenvalue weighted by Crippen LogP contribution is -2.49. The predicted octanol–water partition coefficient (Wildman–Crippen LogP) is 6.06. The van der Waals surface area contributed by atoms with E-state index in [1.165, 1.54) is 6.07 Å². The van der Waals surface area contributed by atoms with Crippen LogP contribution in [0.1, 0.15) is 30.0 Å². The van der Waals surface area contributed by atoms with Gasteiger partial charge in [-0.05, 0) is 43.7 Å². The molecule has 0 aliphatic heterocycles. The van der Waals surface area contributed by atoms with Crippen LogP contribution in [0.25, 0.3) is 0 Å². The molecule has 0 heterocycles. The molecule has 202 valence electrons. The molecule has 0 spiro atoms. The summed E-state index contributed by atoms with van der Waals surface area (Å²) < 4.78 is 36.6. The molecule has 3 rings (SSSR count). The highest BCUT2D eigenvalue weighted by Crippen LogP contribution is 2.31. The Hall–Kier alpha value is -4.20. The van der Waals surface area contributed by atoms with E-state index in [9.17, 15) is 9.18 Å². The topological polar surface area (TPSA) is 69.3 Å². The van der Waals surface area contributed by atoms with Crippen LogP contribution in [0, 0.1) is 5.82 Å². The molecule has 2 amide bonds. The maximum Gasteiger partial charge on any atom is 0.318 e. The van der Waals surface area contributed by atoms with Gasteiger partial charge in [-0.3, -0.25) is 0 Å². The molecule has 0 aromatic heterocycles. The third kappa shape index (κ3) is 6.56. The van der Waals surface area contributed by atoms with Gasteiger partial charge in [-0.15, -0.1) is 6.58 Å². The number of methoxy groups -OCH3 is 4. The highest BCUT2D eigenvalue weighted by Gasteiger charge is 2.32. The van der Waals surface area contributed by atoms with Gasteiger partial charge in [0.1, 0.15) is 28.8 Å². The van der Waals surface area contributed by atoms with E-state index in [0.29, 0.717) is 35.0 Å². The summed E-state index contributed by atoms with van der Waals surface area (Å²) in [5, 5.41) is 3.06. The molecule has 3 aromatic carbocycles. The molecule has 8 heteroatoms. The number of benzene rings is 3. The van der Waals surface area contributed by atoms with Crippen LogP contribution >= 0.6 is 0 Å². The lowest BCUT2D eigenvalue weighted by atomic mass is 9.88. The fourth-order valence-electron chi connectivity index (χ4n) is 4.32. The quantitative estimate of drug-likeness (QED) is 0.293. The largest absolute Gasteiger partial charge is 0.497 e. The zero-order valence-electron chi connectivity index (χ0n) is 22.5. The molecule has 38 heavy (non-hydrogen) atoms. The monoisotopic (exact) mass is 522 g/mol. The van der Waals surface area contributed by atoms with Crippen molar-refractivity contribution >= 4 is 6.03 Å². The average Bonchev–Trinajstić information content (AvgIpc) is 2.93. The van der Waals surface area contributed by atoms with Crippen LogP contribution in [-0.2, 0) is 18.6 Å². The molecule has 0 fully saturated rings. The van der Waals surface area contributed by atoms with Crippen molar-refractivity contribution in [3.63, 3.8) is 0 Å². The number of nitrogens with one attached hydrogen (secondary N) is 1. The van der Waals surface area contributed by atoms with Crippen molar-refractivity contribution in [2.45, 2.75) is 32.0 Å². The zero-order valence-corrected chi connectivity index (χ0v) is 22.5. The Bertz CT molecular complexity index is 1210. The van der Waals surface area contributed by atoms with Crippen LogP contribution < -0.4 is 24.3 Å². The molecular formula is C30H35FN2O5. The maximum absolute atomic E-state index is 14.8. The summed E-state index contributed by atoms with van der Waals surface area (Å²) in [5.41, 5.74) is 0.882. The molecule has 0 aliphatic carbocycles. The van der Waals surface area contributed by atoms with Crippen LogP contribution in [0.15, 0.2) is 73.3 Å². The molecule has 0 saturated carbocycles. The first-order valence-electron chi connectivity index (χ1n) is 12.1. The van der Waals surface area contributed by atoms with E-state index >= 15 is 0 Å². The molecule has 0 radical (unpaired) electrons. The Kier molecular flexibility index (Phi) is 9.60. The molecule has 0 saturated heterocycles. The van der Waals surface area contributed by atoms with Crippen LogP contribution in [0.5, 0.6) is 23.0 Å². The zero-order chi connectivity index (χ0) is 27.7. The highest BCUT2D eigenvalue weighted by molar-refractivity contribution is 5.76. The first-order chi connectivity index (χ1) is 18.3. The summed E-state index contributed by atoms with van der Waals surface area (Å²) in [5.74, 6) is 2.02. The summed E-state index contributed by atoms with van der Waals surface area (Å²) in [6, 6.07) is 16.9. The van der Waals surface area contributed by atoms with Crippen molar-refractivity contribution < 1.29 is 28.1 Å². The minimum absolute atomic E-state index is 0.204. The lowest BCUT2D eigenvalue weighted by Gasteiger charge is -2.34. The molecule has 1 unspecified atom stereocenters. The fraction of sp³-hybridized carbons (Fsp3) is 0.300. The van der Waals surface area contributed by atoms with Crippen LogP contribution in [0.3, 0.4) is 0 Å². The Morgan fingerprint density at radius 2 is 1.42 bits per heavy atom. The van der Waals surface area contributed by atoms with E-state index in [4.69, 9.17) is 18.9 Å². The highest BCUT2D eigenvalue weighted by atomic mass is 19.1. The Morgan fingerprint density at radius 1 is 0.895 bits per heavy atom. The van der Waals surface area contributed by atoms with Gasteiger partial charge in [-0.1, -0.05) is 24.3 Å². The van der Waals surface area contributed by atoms with E-state index in [-0.39, 0.29) is 13.1 Å². The number of nitrogens with zero attached hydrogens (tertiary/aromatic N) is 1. The number of urea groups is 1. The lowest BCUT2D eigenvalue weighted by molar-refractivity contribution is 0.177. The molecular weight excluding hydrogens is 487 g/mol. The van der Waals surface area contributed by atoms with Crippen LogP contribution in [0.2, 0.25) is 0 Å². The normalized spacial score (nSPS) is 12.2. The number of hydrogen-bond acceptors (Lipinski definition) is 5. The summed E-state index contributed by atoms with van der Waals surface area (Å²) in [6.07, 6.45) is 1.99. The van der Waals surface area contributed by atoms with E-state index in [2.05, 4.69) is 11.9 Å². The van der Waals surface area contributed by atoms with Gasteiger partial charge in [0.25, 0.3) is 0 Å². The smallest absolute Gasteiger partial charge is 0.318 e. The number of halogens is 1. The molecule has 3 aromatic rings. The van der Waals surface area contributed by atoms with Gasteiger partial charge < -0.3 is 29.2 Å². The second-order valence-corrected chi connectivity index (χ2v) is 8.95. The minimum Gasteiger partial charge on any atom is -0.497 e. The van der Waals surface area contributed by atoms with E-state index in [1.54, 1.807) is 76.7 Å². The standard InChI is InChI=1S/C30H35FN2O5/c1-7-16-30(2,25-10-8-9-11-26(25)31)32-29(34)33(19-21-12-14-23(35-3)17-27(21)37-5)20-22-13-15-24(36-4)18-28(22)38-6/h7-15,17-18H,1,16,19-20H2,2-6H3,(H,32,34). The van der Waals surface area contributed by atoms with Gasteiger partial charge in [0.15, 0.2) is 0 Å². The first kappa shape index (κ1) is 28.4. The molecule has 0 bridgehead atoms. The van der Waals surface area contributed by atoms with Crippen LogP contribution in [-0.4, -0.2) is 39.4 Å². The van der Waals surface area contributed by atoms with E-state index < -0.39 is 17.4 Å².